The number of para-hydroxylation sites is 1. The highest BCUT2D eigenvalue weighted by atomic mass is 16.5. The minimum Gasteiger partial charge on any atom is -0.493 e. The van der Waals surface area contributed by atoms with Crippen LogP contribution < -0.4 is 10.1 Å². The molecule has 3 unspecified atom stereocenters. The SMILES string of the molecule is CNC1CCN(CC2COc3ccccc32)CC1C. The summed E-state index contributed by atoms with van der Waals surface area (Å²) in [7, 11) is 2.08. The van der Waals surface area contributed by atoms with Crippen LogP contribution in [0.1, 0.15) is 24.8 Å². The van der Waals surface area contributed by atoms with E-state index in [0.29, 0.717) is 12.0 Å². The number of ether oxygens (including phenoxy) is 1. The molecule has 104 valence electrons. The summed E-state index contributed by atoms with van der Waals surface area (Å²) in [4.78, 5) is 2.61. The fourth-order valence-corrected chi connectivity index (χ4v) is 3.52. The van der Waals surface area contributed by atoms with Gasteiger partial charge in [-0.15, -0.1) is 0 Å². The van der Waals surface area contributed by atoms with E-state index in [2.05, 4.69) is 48.5 Å². The van der Waals surface area contributed by atoms with Crippen molar-refractivity contribution in [3.8, 4) is 5.75 Å². The summed E-state index contributed by atoms with van der Waals surface area (Å²) in [5, 5.41) is 3.43. The van der Waals surface area contributed by atoms with Gasteiger partial charge < -0.3 is 15.0 Å². The van der Waals surface area contributed by atoms with Gasteiger partial charge in [0.15, 0.2) is 0 Å². The maximum absolute atomic E-state index is 5.78. The van der Waals surface area contributed by atoms with Gasteiger partial charge in [-0.3, -0.25) is 0 Å². The smallest absolute Gasteiger partial charge is 0.122 e. The van der Waals surface area contributed by atoms with E-state index in [1.165, 1.54) is 25.1 Å². The molecule has 0 amide bonds. The summed E-state index contributed by atoms with van der Waals surface area (Å²) in [6, 6.07) is 9.17. The first-order valence-electron chi connectivity index (χ1n) is 7.39. The van der Waals surface area contributed by atoms with Gasteiger partial charge in [0.2, 0.25) is 0 Å². The summed E-state index contributed by atoms with van der Waals surface area (Å²) in [6.07, 6.45) is 1.26. The van der Waals surface area contributed by atoms with Gasteiger partial charge >= 0.3 is 0 Å². The highest BCUT2D eigenvalue weighted by Crippen LogP contribution is 2.34. The van der Waals surface area contributed by atoms with Crippen molar-refractivity contribution in [3.05, 3.63) is 29.8 Å². The van der Waals surface area contributed by atoms with Crippen molar-refractivity contribution < 1.29 is 4.74 Å². The van der Waals surface area contributed by atoms with E-state index < -0.39 is 0 Å². The highest BCUT2D eigenvalue weighted by molar-refractivity contribution is 5.39. The summed E-state index contributed by atoms with van der Waals surface area (Å²) in [6.45, 7) is 6.74. The molecular weight excluding hydrogens is 236 g/mol. The summed E-state index contributed by atoms with van der Waals surface area (Å²) < 4.78 is 5.78. The first-order valence-corrected chi connectivity index (χ1v) is 7.39. The van der Waals surface area contributed by atoms with Crippen molar-refractivity contribution in [2.45, 2.75) is 25.3 Å². The molecule has 0 spiro atoms. The van der Waals surface area contributed by atoms with Crippen molar-refractivity contribution in [2.24, 2.45) is 5.92 Å². The Balaban J connectivity index is 1.62. The second-order valence-electron chi connectivity index (χ2n) is 5.97. The Kier molecular flexibility index (Phi) is 3.76. The molecule has 2 heterocycles. The zero-order chi connectivity index (χ0) is 13.2. The fraction of sp³-hybridized carbons (Fsp3) is 0.625. The van der Waals surface area contributed by atoms with Crippen LogP contribution in [0.5, 0.6) is 5.75 Å². The molecule has 3 rings (SSSR count). The first-order chi connectivity index (χ1) is 9.28. The standard InChI is InChI=1S/C16H24N2O/c1-12-9-18(8-7-15(12)17-2)10-13-11-19-16-6-4-3-5-14(13)16/h3-6,12-13,15,17H,7-11H2,1-2H3. The third-order valence-corrected chi connectivity index (χ3v) is 4.64. The number of likely N-dealkylation sites (tertiary alicyclic amines) is 1. The molecule has 0 aromatic heterocycles. The molecule has 2 aliphatic heterocycles. The predicted molar refractivity (Wildman–Crippen MR) is 77.7 cm³/mol. The number of fused-ring (bicyclic) bond motifs is 1. The Hall–Kier alpha value is -1.06. The van der Waals surface area contributed by atoms with Crippen LogP contribution in [0.15, 0.2) is 24.3 Å². The van der Waals surface area contributed by atoms with Crippen molar-refractivity contribution in [3.63, 3.8) is 0 Å². The molecule has 3 atom stereocenters. The number of nitrogens with zero attached hydrogens (tertiary/aromatic N) is 1. The molecule has 0 bridgehead atoms. The van der Waals surface area contributed by atoms with E-state index in [9.17, 15) is 0 Å². The molecule has 0 radical (unpaired) electrons. The van der Waals surface area contributed by atoms with E-state index in [1.807, 2.05) is 0 Å². The lowest BCUT2D eigenvalue weighted by atomic mass is 9.92. The average molecular weight is 260 g/mol. The Labute approximate surface area is 115 Å². The van der Waals surface area contributed by atoms with Crippen LogP contribution in [0.25, 0.3) is 0 Å². The number of nitrogens with one attached hydrogen (secondary N) is 1. The Bertz CT molecular complexity index is 435. The van der Waals surface area contributed by atoms with Gasteiger partial charge in [0, 0.05) is 30.6 Å². The topological polar surface area (TPSA) is 24.5 Å². The van der Waals surface area contributed by atoms with Gasteiger partial charge in [-0.2, -0.15) is 0 Å². The Morgan fingerprint density at radius 3 is 3.00 bits per heavy atom. The lowest BCUT2D eigenvalue weighted by molar-refractivity contribution is 0.139. The molecule has 1 aromatic carbocycles. The van der Waals surface area contributed by atoms with E-state index in [-0.39, 0.29) is 0 Å². The quantitative estimate of drug-likeness (QED) is 0.900. The molecule has 2 aliphatic rings. The Morgan fingerprint density at radius 2 is 2.21 bits per heavy atom. The molecule has 1 N–H and O–H groups in total. The van der Waals surface area contributed by atoms with E-state index in [0.717, 1.165) is 24.8 Å². The van der Waals surface area contributed by atoms with Gasteiger partial charge in [0.1, 0.15) is 5.75 Å². The lowest BCUT2D eigenvalue weighted by Crippen LogP contribution is -2.48. The number of hydrogen-bond donors (Lipinski definition) is 1. The van der Waals surface area contributed by atoms with E-state index in [4.69, 9.17) is 4.74 Å². The molecule has 1 saturated heterocycles. The van der Waals surface area contributed by atoms with E-state index in [1.54, 1.807) is 0 Å². The largest absolute Gasteiger partial charge is 0.493 e. The Morgan fingerprint density at radius 1 is 1.37 bits per heavy atom. The van der Waals surface area contributed by atoms with Crippen LogP contribution in [-0.2, 0) is 0 Å². The number of piperidine rings is 1. The van der Waals surface area contributed by atoms with Gasteiger partial charge in [-0.25, -0.2) is 0 Å². The van der Waals surface area contributed by atoms with Crippen LogP contribution in [0, 0.1) is 5.92 Å². The maximum atomic E-state index is 5.78. The third-order valence-electron chi connectivity index (χ3n) is 4.64. The molecule has 0 saturated carbocycles. The van der Waals surface area contributed by atoms with Gasteiger partial charge in [0.25, 0.3) is 0 Å². The van der Waals surface area contributed by atoms with Crippen molar-refractivity contribution in [1.29, 1.82) is 0 Å². The maximum Gasteiger partial charge on any atom is 0.122 e. The van der Waals surface area contributed by atoms with Gasteiger partial charge in [-0.05, 0) is 32.0 Å². The molecular formula is C16H24N2O. The highest BCUT2D eigenvalue weighted by Gasteiger charge is 2.29. The van der Waals surface area contributed by atoms with Gasteiger partial charge in [0.05, 0.1) is 6.61 Å². The normalized spacial score (nSPS) is 30.9. The fourth-order valence-electron chi connectivity index (χ4n) is 3.52. The third kappa shape index (κ3) is 2.63. The molecule has 3 heteroatoms. The molecule has 1 aromatic rings. The minimum atomic E-state index is 0.550. The zero-order valence-electron chi connectivity index (χ0n) is 11.9. The molecule has 3 nitrogen and oxygen atoms in total. The lowest BCUT2D eigenvalue weighted by Gasteiger charge is -2.37. The molecule has 0 aliphatic carbocycles. The average Bonchev–Trinajstić information content (AvgIpc) is 2.83. The van der Waals surface area contributed by atoms with Gasteiger partial charge in [-0.1, -0.05) is 25.1 Å². The number of benzene rings is 1. The zero-order valence-corrected chi connectivity index (χ0v) is 11.9. The summed E-state index contributed by atoms with van der Waals surface area (Å²) in [5.41, 5.74) is 1.39. The van der Waals surface area contributed by atoms with Crippen LogP contribution in [0.4, 0.5) is 0 Å². The molecule has 1 fully saturated rings. The number of rotatable bonds is 3. The van der Waals surface area contributed by atoms with Crippen LogP contribution >= 0.6 is 0 Å². The summed E-state index contributed by atoms with van der Waals surface area (Å²) in [5.74, 6) is 2.37. The monoisotopic (exact) mass is 260 g/mol. The minimum absolute atomic E-state index is 0.550. The van der Waals surface area contributed by atoms with Crippen LogP contribution in [0.3, 0.4) is 0 Å². The van der Waals surface area contributed by atoms with E-state index >= 15 is 0 Å². The second-order valence-corrected chi connectivity index (χ2v) is 5.97. The van der Waals surface area contributed by atoms with Crippen LogP contribution in [-0.4, -0.2) is 44.2 Å². The second kappa shape index (κ2) is 5.51. The van der Waals surface area contributed by atoms with Crippen LogP contribution in [0.2, 0.25) is 0 Å². The van der Waals surface area contributed by atoms with Crippen molar-refractivity contribution >= 4 is 0 Å². The summed E-state index contributed by atoms with van der Waals surface area (Å²) >= 11 is 0. The first kappa shape index (κ1) is 12.9. The predicted octanol–water partition coefficient (Wildman–Crippen LogP) is 2.09. The number of hydrogen-bond acceptors (Lipinski definition) is 3. The van der Waals surface area contributed by atoms with Crippen molar-refractivity contribution in [2.75, 3.05) is 33.3 Å². The molecule has 19 heavy (non-hydrogen) atoms. The van der Waals surface area contributed by atoms with Crippen molar-refractivity contribution in [1.82, 2.24) is 10.2 Å².